The molecule has 1 aliphatic rings. The highest BCUT2D eigenvalue weighted by Crippen LogP contribution is 2.31. The summed E-state index contributed by atoms with van der Waals surface area (Å²) in [5, 5.41) is 10.5. The average Bonchev–Trinajstić information content (AvgIpc) is 2.51. The van der Waals surface area contributed by atoms with Gasteiger partial charge in [0.15, 0.2) is 0 Å². The van der Waals surface area contributed by atoms with Gasteiger partial charge in [0.05, 0.1) is 0 Å². The van der Waals surface area contributed by atoms with E-state index < -0.39 is 6.10 Å². The second-order valence-corrected chi connectivity index (χ2v) is 5.65. The van der Waals surface area contributed by atoms with Gasteiger partial charge in [-0.15, -0.1) is 0 Å². The van der Waals surface area contributed by atoms with Gasteiger partial charge in [0.25, 0.3) is 0 Å². The molecular weight excluding hydrogens is 262 g/mol. The zero-order chi connectivity index (χ0) is 15.0. The van der Waals surface area contributed by atoms with Crippen LogP contribution in [0.3, 0.4) is 0 Å². The first-order valence-electron chi connectivity index (χ1n) is 7.20. The van der Waals surface area contributed by atoms with Gasteiger partial charge in [-0.25, -0.2) is 0 Å². The Balaban J connectivity index is 1.93. The molecule has 0 aromatic heterocycles. The van der Waals surface area contributed by atoms with Gasteiger partial charge in [-0.3, -0.25) is 4.79 Å². The van der Waals surface area contributed by atoms with E-state index in [9.17, 15) is 9.90 Å². The zero-order valence-corrected chi connectivity index (χ0v) is 12.3. The fourth-order valence-corrected chi connectivity index (χ4v) is 2.79. The van der Waals surface area contributed by atoms with Gasteiger partial charge in [-0.1, -0.05) is 42.0 Å². The van der Waals surface area contributed by atoms with Crippen LogP contribution in [0.4, 0.5) is 5.69 Å². The van der Waals surface area contributed by atoms with Gasteiger partial charge in [0.2, 0.25) is 5.91 Å². The summed E-state index contributed by atoms with van der Waals surface area (Å²) in [4.78, 5) is 13.4. The highest BCUT2D eigenvalue weighted by atomic mass is 16.3. The van der Waals surface area contributed by atoms with Crippen molar-refractivity contribution < 1.29 is 9.90 Å². The summed E-state index contributed by atoms with van der Waals surface area (Å²) in [6.07, 6.45) is 0.652. The number of fused-ring (bicyclic) bond motifs is 1. The number of aliphatic hydroxyl groups excluding tert-OH is 1. The first kappa shape index (κ1) is 13.8. The Bertz CT molecular complexity index is 676. The Hall–Kier alpha value is -2.13. The van der Waals surface area contributed by atoms with E-state index in [2.05, 4.69) is 0 Å². The van der Waals surface area contributed by atoms with Gasteiger partial charge in [0.1, 0.15) is 6.10 Å². The second kappa shape index (κ2) is 5.34. The van der Waals surface area contributed by atoms with Crippen molar-refractivity contribution in [1.82, 2.24) is 0 Å². The predicted molar refractivity (Wildman–Crippen MR) is 83.4 cm³/mol. The summed E-state index contributed by atoms with van der Waals surface area (Å²) < 4.78 is 0. The van der Waals surface area contributed by atoms with Crippen LogP contribution in [-0.2, 0) is 11.2 Å². The topological polar surface area (TPSA) is 40.5 Å². The minimum Gasteiger partial charge on any atom is -0.384 e. The fourth-order valence-electron chi connectivity index (χ4n) is 2.79. The van der Waals surface area contributed by atoms with Gasteiger partial charge in [0, 0.05) is 19.2 Å². The Morgan fingerprint density at radius 3 is 2.43 bits per heavy atom. The first-order valence-corrected chi connectivity index (χ1v) is 7.20. The number of amides is 1. The molecule has 0 aliphatic carbocycles. The minimum absolute atomic E-state index is 0.148. The molecule has 3 heteroatoms. The number of anilines is 1. The molecule has 1 unspecified atom stereocenters. The van der Waals surface area contributed by atoms with E-state index in [0.717, 1.165) is 28.8 Å². The molecule has 0 radical (unpaired) electrons. The van der Waals surface area contributed by atoms with E-state index in [1.807, 2.05) is 49.4 Å². The van der Waals surface area contributed by atoms with Crippen molar-refractivity contribution in [2.75, 3.05) is 11.9 Å². The van der Waals surface area contributed by atoms with Crippen LogP contribution in [0.2, 0.25) is 0 Å². The molecule has 0 saturated heterocycles. The van der Waals surface area contributed by atoms with Crippen LogP contribution in [0.25, 0.3) is 0 Å². The summed E-state index contributed by atoms with van der Waals surface area (Å²) in [6, 6.07) is 13.8. The monoisotopic (exact) mass is 281 g/mol. The number of aliphatic hydroxyl groups is 1. The first-order chi connectivity index (χ1) is 10.1. The lowest BCUT2D eigenvalue weighted by molar-refractivity contribution is -0.118. The highest BCUT2D eigenvalue weighted by molar-refractivity contribution is 5.95. The van der Waals surface area contributed by atoms with Gasteiger partial charge >= 0.3 is 0 Å². The number of hydrogen-bond acceptors (Lipinski definition) is 2. The molecule has 2 aromatic carbocycles. The van der Waals surface area contributed by atoms with E-state index in [1.54, 1.807) is 11.9 Å². The summed E-state index contributed by atoms with van der Waals surface area (Å²) >= 11 is 0. The maximum atomic E-state index is 11.7. The van der Waals surface area contributed by atoms with Gasteiger partial charge in [-0.2, -0.15) is 0 Å². The van der Waals surface area contributed by atoms with Crippen LogP contribution in [-0.4, -0.2) is 18.1 Å². The lowest BCUT2D eigenvalue weighted by atomic mass is 9.94. The van der Waals surface area contributed by atoms with E-state index >= 15 is 0 Å². The van der Waals surface area contributed by atoms with E-state index in [4.69, 9.17) is 0 Å². The summed E-state index contributed by atoms with van der Waals surface area (Å²) in [5.41, 5.74) is 5.02. The normalized spacial score (nSPS) is 15.8. The Labute approximate surface area is 124 Å². The van der Waals surface area contributed by atoms with Crippen molar-refractivity contribution >= 4 is 11.6 Å². The standard InChI is InChI=1S/C18H19NO2/c1-12-3-5-13(6-4-12)18(21)15-7-9-16-14(11-15)8-10-17(20)19(16)2/h3-7,9,11,18,21H,8,10H2,1-2H3. The van der Waals surface area contributed by atoms with Crippen LogP contribution in [0.15, 0.2) is 42.5 Å². The van der Waals surface area contributed by atoms with Crippen molar-refractivity contribution in [3.63, 3.8) is 0 Å². The third-order valence-corrected chi connectivity index (χ3v) is 4.16. The van der Waals surface area contributed by atoms with Crippen molar-refractivity contribution in [1.29, 1.82) is 0 Å². The van der Waals surface area contributed by atoms with Crippen molar-refractivity contribution in [3.8, 4) is 0 Å². The molecule has 1 atom stereocenters. The lowest BCUT2D eigenvalue weighted by Crippen LogP contribution is -2.31. The van der Waals surface area contributed by atoms with Crippen LogP contribution < -0.4 is 4.90 Å². The molecule has 21 heavy (non-hydrogen) atoms. The number of carbonyl (C=O) groups excluding carboxylic acids is 1. The molecule has 1 N–H and O–H groups in total. The minimum atomic E-state index is -0.626. The Morgan fingerprint density at radius 2 is 1.71 bits per heavy atom. The maximum absolute atomic E-state index is 11.7. The molecule has 3 rings (SSSR count). The molecule has 108 valence electrons. The van der Waals surface area contributed by atoms with E-state index in [0.29, 0.717) is 6.42 Å². The van der Waals surface area contributed by atoms with E-state index in [1.165, 1.54) is 5.56 Å². The van der Waals surface area contributed by atoms with Crippen LogP contribution in [0.1, 0.15) is 34.8 Å². The second-order valence-electron chi connectivity index (χ2n) is 5.65. The number of carbonyl (C=O) groups is 1. The average molecular weight is 281 g/mol. The number of hydrogen-bond donors (Lipinski definition) is 1. The van der Waals surface area contributed by atoms with Crippen LogP contribution in [0.5, 0.6) is 0 Å². The SMILES string of the molecule is Cc1ccc(C(O)c2ccc3c(c2)CCC(=O)N3C)cc1. The Kier molecular flexibility index (Phi) is 3.52. The van der Waals surface area contributed by atoms with Gasteiger partial charge < -0.3 is 10.0 Å². The Morgan fingerprint density at radius 1 is 1.05 bits per heavy atom. The highest BCUT2D eigenvalue weighted by Gasteiger charge is 2.22. The molecule has 0 spiro atoms. The van der Waals surface area contributed by atoms with Crippen molar-refractivity contribution in [2.24, 2.45) is 0 Å². The predicted octanol–water partition coefficient (Wildman–Crippen LogP) is 2.99. The molecule has 0 fully saturated rings. The van der Waals surface area contributed by atoms with E-state index in [-0.39, 0.29) is 5.91 Å². The molecule has 1 amide bonds. The molecule has 2 aromatic rings. The molecule has 1 aliphatic heterocycles. The lowest BCUT2D eigenvalue weighted by Gasteiger charge is -2.26. The maximum Gasteiger partial charge on any atom is 0.227 e. The van der Waals surface area contributed by atoms with Crippen LogP contribution in [0, 0.1) is 6.92 Å². The molecular formula is C18H19NO2. The molecule has 0 bridgehead atoms. The number of benzene rings is 2. The van der Waals surface area contributed by atoms with Crippen molar-refractivity contribution in [3.05, 3.63) is 64.7 Å². The molecule has 0 saturated carbocycles. The zero-order valence-electron chi connectivity index (χ0n) is 12.3. The van der Waals surface area contributed by atoms with Crippen molar-refractivity contribution in [2.45, 2.75) is 25.9 Å². The fraction of sp³-hybridized carbons (Fsp3) is 0.278. The largest absolute Gasteiger partial charge is 0.384 e. The molecule has 3 nitrogen and oxygen atoms in total. The summed E-state index contributed by atoms with van der Waals surface area (Å²) in [5.74, 6) is 0.148. The smallest absolute Gasteiger partial charge is 0.227 e. The quantitative estimate of drug-likeness (QED) is 0.919. The summed E-state index contributed by atoms with van der Waals surface area (Å²) in [7, 11) is 1.80. The number of aryl methyl sites for hydroxylation is 2. The van der Waals surface area contributed by atoms with Gasteiger partial charge in [-0.05, 0) is 36.1 Å². The summed E-state index contributed by atoms with van der Waals surface area (Å²) in [6.45, 7) is 2.03. The number of rotatable bonds is 2. The third-order valence-electron chi connectivity index (χ3n) is 4.16. The number of nitrogens with zero attached hydrogens (tertiary/aromatic N) is 1. The van der Waals surface area contributed by atoms with Crippen LogP contribution >= 0.6 is 0 Å². The third kappa shape index (κ3) is 2.57. The molecule has 1 heterocycles.